The SMILES string of the molecule is NC(=O)CCCNC(=O)NCC1(C(=O)O)CCCC1. The first-order valence-corrected chi connectivity index (χ1v) is 6.50. The second-order valence-electron chi connectivity index (χ2n) is 4.97. The molecule has 0 aromatic carbocycles. The Morgan fingerprint density at radius 1 is 1.16 bits per heavy atom. The quantitative estimate of drug-likeness (QED) is 0.494. The zero-order valence-electron chi connectivity index (χ0n) is 10.9. The van der Waals surface area contributed by atoms with Gasteiger partial charge in [-0.2, -0.15) is 0 Å². The third-order valence-electron chi connectivity index (χ3n) is 3.49. The van der Waals surface area contributed by atoms with Gasteiger partial charge in [0.05, 0.1) is 5.41 Å². The van der Waals surface area contributed by atoms with E-state index in [1.54, 1.807) is 0 Å². The number of aliphatic carboxylic acids is 1. The minimum atomic E-state index is -0.848. The molecule has 5 N–H and O–H groups in total. The van der Waals surface area contributed by atoms with E-state index in [-0.39, 0.29) is 13.0 Å². The summed E-state index contributed by atoms with van der Waals surface area (Å²) in [6.45, 7) is 0.485. The van der Waals surface area contributed by atoms with Gasteiger partial charge in [0.15, 0.2) is 0 Å². The summed E-state index contributed by atoms with van der Waals surface area (Å²) >= 11 is 0. The van der Waals surface area contributed by atoms with E-state index < -0.39 is 23.3 Å². The van der Waals surface area contributed by atoms with Gasteiger partial charge in [-0.3, -0.25) is 9.59 Å². The lowest BCUT2D eigenvalue weighted by Crippen LogP contribution is -2.45. The third-order valence-corrected chi connectivity index (χ3v) is 3.49. The molecule has 1 saturated carbocycles. The molecule has 108 valence electrons. The Labute approximate surface area is 111 Å². The fourth-order valence-electron chi connectivity index (χ4n) is 2.29. The molecule has 7 nitrogen and oxygen atoms in total. The maximum Gasteiger partial charge on any atom is 0.314 e. The summed E-state index contributed by atoms with van der Waals surface area (Å²) in [7, 11) is 0. The van der Waals surface area contributed by atoms with Crippen LogP contribution in [0.3, 0.4) is 0 Å². The molecule has 0 radical (unpaired) electrons. The van der Waals surface area contributed by atoms with Crippen molar-refractivity contribution in [3.8, 4) is 0 Å². The molecule has 0 aliphatic heterocycles. The van der Waals surface area contributed by atoms with Crippen molar-refractivity contribution < 1.29 is 19.5 Å². The molecule has 0 aromatic heterocycles. The number of hydrogen-bond acceptors (Lipinski definition) is 3. The maximum atomic E-state index is 11.5. The van der Waals surface area contributed by atoms with Gasteiger partial charge in [-0.25, -0.2) is 4.79 Å². The van der Waals surface area contributed by atoms with Crippen molar-refractivity contribution in [3.05, 3.63) is 0 Å². The monoisotopic (exact) mass is 271 g/mol. The third kappa shape index (κ3) is 4.76. The van der Waals surface area contributed by atoms with E-state index in [1.807, 2.05) is 0 Å². The van der Waals surface area contributed by atoms with Crippen molar-refractivity contribution in [3.63, 3.8) is 0 Å². The molecule has 19 heavy (non-hydrogen) atoms. The van der Waals surface area contributed by atoms with Crippen LogP contribution in [0.2, 0.25) is 0 Å². The van der Waals surface area contributed by atoms with Crippen molar-refractivity contribution in [2.75, 3.05) is 13.1 Å². The highest BCUT2D eigenvalue weighted by Gasteiger charge is 2.41. The van der Waals surface area contributed by atoms with Crippen LogP contribution in [-0.2, 0) is 9.59 Å². The highest BCUT2D eigenvalue weighted by atomic mass is 16.4. The molecule has 1 fully saturated rings. The van der Waals surface area contributed by atoms with E-state index in [2.05, 4.69) is 10.6 Å². The number of carbonyl (C=O) groups is 3. The van der Waals surface area contributed by atoms with Gasteiger partial charge >= 0.3 is 12.0 Å². The lowest BCUT2D eigenvalue weighted by molar-refractivity contribution is -0.148. The predicted octanol–water partition coefficient (Wildman–Crippen LogP) is 0.196. The summed E-state index contributed by atoms with van der Waals surface area (Å²) in [5.74, 6) is -1.25. The van der Waals surface area contributed by atoms with Gasteiger partial charge < -0.3 is 21.5 Å². The van der Waals surface area contributed by atoms with Crippen molar-refractivity contribution in [1.29, 1.82) is 0 Å². The van der Waals surface area contributed by atoms with E-state index in [0.29, 0.717) is 25.8 Å². The van der Waals surface area contributed by atoms with Crippen LogP contribution in [0, 0.1) is 5.41 Å². The largest absolute Gasteiger partial charge is 0.481 e. The van der Waals surface area contributed by atoms with Crippen LogP contribution in [0.25, 0.3) is 0 Å². The number of amides is 3. The molecule has 0 aromatic rings. The molecule has 7 heteroatoms. The highest BCUT2D eigenvalue weighted by Crippen LogP contribution is 2.37. The molecule has 0 unspecified atom stereocenters. The Morgan fingerprint density at radius 3 is 2.32 bits per heavy atom. The number of nitrogens with two attached hydrogens (primary N) is 1. The summed E-state index contributed by atoms with van der Waals surface area (Å²) in [5.41, 5.74) is 4.15. The first-order chi connectivity index (χ1) is 8.96. The van der Waals surface area contributed by atoms with Gasteiger partial charge in [-0.1, -0.05) is 12.8 Å². The van der Waals surface area contributed by atoms with Gasteiger partial charge in [-0.05, 0) is 19.3 Å². The van der Waals surface area contributed by atoms with Crippen LogP contribution >= 0.6 is 0 Å². The van der Waals surface area contributed by atoms with Crippen molar-refractivity contribution in [2.24, 2.45) is 11.1 Å². The second-order valence-corrected chi connectivity index (χ2v) is 4.97. The summed E-state index contributed by atoms with van der Waals surface area (Å²) < 4.78 is 0. The number of carbonyl (C=O) groups excluding carboxylic acids is 2. The van der Waals surface area contributed by atoms with E-state index in [0.717, 1.165) is 12.8 Å². The Balaban J connectivity index is 2.25. The van der Waals surface area contributed by atoms with E-state index in [4.69, 9.17) is 5.73 Å². The fraction of sp³-hybridized carbons (Fsp3) is 0.750. The van der Waals surface area contributed by atoms with Crippen molar-refractivity contribution >= 4 is 17.9 Å². The number of carboxylic acids is 1. The lowest BCUT2D eigenvalue weighted by atomic mass is 9.86. The molecule has 0 atom stereocenters. The average molecular weight is 271 g/mol. The molecule has 0 saturated heterocycles. The van der Waals surface area contributed by atoms with Crippen molar-refractivity contribution in [1.82, 2.24) is 10.6 Å². The normalized spacial score (nSPS) is 16.8. The number of nitrogens with one attached hydrogen (secondary N) is 2. The number of hydrogen-bond donors (Lipinski definition) is 4. The van der Waals surface area contributed by atoms with Crippen LogP contribution in [0.4, 0.5) is 4.79 Å². The summed E-state index contributed by atoms with van der Waals surface area (Å²) in [6.07, 6.45) is 3.67. The molecule has 0 heterocycles. The zero-order valence-corrected chi connectivity index (χ0v) is 10.9. The number of urea groups is 1. The van der Waals surface area contributed by atoms with Gasteiger partial charge in [0.1, 0.15) is 0 Å². The Bertz CT molecular complexity index is 351. The van der Waals surface area contributed by atoms with E-state index in [1.165, 1.54) is 0 Å². The lowest BCUT2D eigenvalue weighted by Gasteiger charge is -2.23. The number of primary amides is 1. The fourth-order valence-corrected chi connectivity index (χ4v) is 2.29. The van der Waals surface area contributed by atoms with Crippen molar-refractivity contribution in [2.45, 2.75) is 38.5 Å². The standard InChI is InChI=1S/C12H21N3O4/c13-9(16)4-3-7-14-11(19)15-8-12(10(17)18)5-1-2-6-12/h1-8H2,(H2,13,16)(H,17,18)(H2,14,15,19). The Kier molecular flexibility index (Phi) is 5.59. The summed E-state index contributed by atoms with van der Waals surface area (Å²) in [6, 6.07) is -0.406. The van der Waals surface area contributed by atoms with Crippen LogP contribution < -0.4 is 16.4 Å². The molecular formula is C12H21N3O4. The first kappa shape index (κ1) is 15.3. The highest BCUT2D eigenvalue weighted by molar-refractivity contribution is 5.78. The smallest absolute Gasteiger partial charge is 0.314 e. The minimum absolute atomic E-state index is 0.143. The van der Waals surface area contributed by atoms with Crippen LogP contribution in [0.1, 0.15) is 38.5 Å². The first-order valence-electron chi connectivity index (χ1n) is 6.50. The molecule has 1 aliphatic rings. The molecule has 3 amide bonds. The average Bonchev–Trinajstić information content (AvgIpc) is 2.82. The second kappa shape index (κ2) is 6.96. The van der Waals surface area contributed by atoms with Crippen LogP contribution in [-0.4, -0.2) is 36.1 Å². The predicted molar refractivity (Wildman–Crippen MR) is 68.4 cm³/mol. The van der Waals surface area contributed by atoms with Gasteiger partial charge in [-0.15, -0.1) is 0 Å². The van der Waals surface area contributed by atoms with Crippen LogP contribution in [0.15, 0.2) is 0 Å². The number of carboxylic acid groups (broad SMARTS) is 1. The number of rotatable bonds is 7. The zero-order chi connectivity index (χ0) is 14.3. The maximum absolute atomic E-state index is 11.5. The topological polar surface area (TPSA) is 122 Å². The van der Waals surface area contributed by atoms with Crippen LogP contribution in [0.5, 0.6) is 0 Å². The summed E-state index contributed by atoms with van der Waals surface area (Å²) in [4.78, 5) is 33.2. The molecule has 0 spiro atoms. The molecule has 1 rings (SSSR count). The molecular weight excluding hydrogens is 250 g/mol. The Morgan fingerprint density at radius 2 is 1.79 bits per heavy atom. The summed E-state index contributed by atoms with van der Waals surface area (Å²) in [5, 5.41) is 14.4. The van der Waals surface area contributed by atoms with E-state index in [9.17, 15) is 19.5 Å². The Hall–Kier alpha value is -1.79. The van der Waals surface area contributed by atoms with E-state index >= 15 is 0 Å². The van der Waals surface area contributed by atoms with Gasteiger partial charge in [0.2, 0.25) is 5.91 Å². The minimum Gasteiger partial charge on any atom is -0.481 e. The molecule has 1 aliphatic carbocycles. The molecule has 0 bridgehead atoms. The van der Waals surface area contributed by atoms with Gasteiger partial charge in [0, 0.05) is 19.5 Å². The van der Waals surface area contributed by atoms with Gasteiger partial charge in [0.25, 0.3) is 0 Å².